The van der Waals surface area contributed by atoms with Gasteiger partial charge in [-0.05, 0) is 62.8 Å². The van der Waals surface area contributed by atoms with Gasteiger partial charge in [0.05, 0.1) is 13.2 Å². The van der Waals surface area contributed by atoms with Crippen LogP contribution in [0.4, 0.5) is 0 Å². The van der Waals surface area contributed by atoms with E-state index in [0.29, 0.717) is 6.61 Å². The molecular formula is C26H42N6O. The molecule has 2 heterocycles. The van der Waals surface area contributed by atoms with Crippen molar-refractivity contribution in [3.63, 3.8) is 0 Å². The van der Waals surface area contributed by atoms with Crippen molar-refractivity contribution in [2.45, 2.75) is 70.6 Å². The summed E-state index contributed by atoms with van der Waals surface area (Å²) in [6.45, 7) is 5.45. The summed E-state index contributed by atoms with van der Waals surface area (Å²) >= 11 is 0. The number of hydrogen-bond donors (Lipinski definition) is 4. The molecule has 0 saturated heterocycles. The molecule has 3 rings (SSSR count). The summed E-state index contributed by atoms with van der Waals surface area (Å²) in [4.78, 5) is 8.86. The zero-order valence-corrected chi connectivity index (χ0v) is 20.1. The number of guanidine groups is 1. The summed E-state index contributed by atoms with van der Waals surface area (Å²) in [5, 5.41) is 18.1. The van der Waals surface area contributed by atoms with E-state index in [9.17, 15) is 0 Å². The Morgan fingerprint density at radius 2 is 1.61 bits per heavy atom. The molecule has 0 fully saturated rings. The van der Waals surface area contributed by atoms with Gasteiger partial charge < -0.3 is 26.1 Å². The van der Waals surface area contributed by atoms with Crippen molar-refractivity contribution in [2.75, 3.05) is 39.3 Å². The molecule has 7 nitrogen and oxygen atoms in total. The van der Waals surface area contributed by atoms with Crippen molar-refractivity contribution in [3.05, 3.63) is 29.8 Å². The van der Waals surface area contributed by atoms with Gasteiger partial charge in [-0.1, -0.05) is 32.1 Å². The lowest BCUT2D eigenvalue weighted by atomic mass is 10.0. The molecule has 0 radical (unpaired) electrons. The fourth-order valence-corrected chi connectivity index (χ4v) is 4.11. The lowest BCUT2D eigenvalue weighted by Crippen LogP contribution is -2.34. The zero-order chi connectivity index (χ0) is 23.0. The van der Waals surface area contributed by atoms with E-state index in [1.165, 1.54) is 38.5 Å². The standard InChI is InChI=1S/C26H42N6O/c27-23(10-6-4-2-1-3-5-7-16-30-26-31-19-20-32-26)11-8-21-33-24-14-12-22(13-15-24)25-28-17-9-18-29-25/h12-15,27H,1-11,16-21H2,(H,28,29)(H2,30,31,32). The summed E-state index contributed by atoms with van der Waals surface area (Å²) in [5.74, 6) is 2.85. The maximum atomic E-state index is 8.18. The molecule has 1 aromatic rings. The number of amidine groups is 1. The van der Waals surface area contributed by atoms with E-state index in [4.69, 9.17) is 10.1 Å². The highest BCUT2D eigenvalue weighted by Gasteiger charge is 2.07. The van der Waals surface area contributed by atoms with Gasteiger partial charge in [-0.3, -0.25) is 9.98 Å². The predicted octanol–water partition coefficient (Wildman–Crippen LogP) is 4.27. The van der Waals surface area contributed by atoms with Gasteiger partial charge in [0.25, 0.3) is 0 Å². The molecule has 7 heteroatoms. The van der Waals surface area contributed by atoms with Crippen molar-refractivity contribution in [1.29, 1.82) is 5.41 Å². The van der Waals surface area contributed by atoms with Gasteiger partial charge in [0.15, 0.2) is 5.96 Å². The van der Waals surface area contributed by atoms with Crippen LogP contribution in [0.1, 0.15) is 76.2 Å². The Morgan fingerprint density at radius 1 is 0.848 bits per heavy atom. The van der Waals surface area contributed by atoms with Crippen molar-refractivity contribution >= 4 is 17.5 Å². The van der Waals surface area contributed by atoms with Gasteiger partial charge in [-0.15, -0.1) is 0 Å². The topological polar surface area (TPSA) is 93.9 Å². The molecule has 182 valence electrons. The Bertz CT molecular complexity index is 759. The second-order valence-corrected chi connectivity index (χ2v) is 8.90. The van der Waals surface area contributed by atoms with Crippen molar-refractivity contribution < 1.29 is 4.74 Å². The monoisotopic (exact) mass is 454 g/mol. The van der Waals surface area contributed by atoms with E-state index >= 15 is 0 Å². The third-order valence-electron chi connectivity index (χ3n) is 6.04. The summed E-state index contributed by atoms with van der Waals surface area (Å²) in [6, 6.07) is 8.15. The quantitative estimate of drug-likeness (QED) is 0.222. The van der Waals surface area contributed by atoms with Crippen molar-refractivity contribution in [3.8, 4) is 5.75 Å². The van der Waals surface area contributed by atoms with Gasteiger partial charge in [0.1, 0.15) is 11.6 Å². The maximum Gasteiger partial charge on any atom is 0.191 e. The average Bonchev–Trinajstić information content (AvgIpc) is 3.37. The van der Waals surface area contributed by atoms with E-state index in [-0.39, 0.29) is 0 Å². The molecule has 0 amide bonds. The highest BCUT2D eigenvalue weighted by molar-refractivity contribution is 5.99. The van der Waals surface area contributed by atoms with Crippen LogP contribution >= 0.6 is 0 Å². The first-order chi connectivity index (χ1) is 16.3. The summed E-state index contributed by atoms with van der Waals surface area (Å²) in [6.07, 6.45) is 12.6. The third kappa shape index (κ3) is 10.3. The molecule has 1 aromatic carbocycles. The number of rotatable bonds is 16. The fraction of sp³-hybridized carbons (Fsp3) is 0.654. The molecule has 0 aliphatic carbocycles. The zero-order valence-electron chi connectivity index (χ0n) is 20.1. The van der Waals surface area contributed by atoms with Gasteiger partial charge in [-0.25, -0.2) is 0 Å². The lowest BCUT2D eigenvalue weighted by Gasteiger charge is -2.15. The fourth-order valence-electron chi connectivity index (χ4n) is 4.11. The largest absolute Gasteiger partial charge is 0.494 e. The second-order valence-electron chi connectivity index (χ2n) is 8.90. The van der Waals surface area contributed by atoms with E-state index < -0.39 is 0 Å². The molecular weight excluding hydrogens is 412 g/mol. The first kappa shape index (κ1) is 25.1. The van der Waals surface area contributed by atoms with Crippen LogP contribution in [0, 0.1) is 5.41 Å². The Kier molecular flexibility index (Phi) is 11.6. The molecule has 0 atom stereocenters. The first-order valence-electron chi connectivity index (χ1n) is 12.9. The minimum absolute atomic E-state index is 0.666. The highest BCUT2D eigenvalue weighted by Crippen LogP contribution is 2.14. The van der Waals surface area contributed by atoms with Crippen LogP contribution in [0.2, 0.25) is 0 Å². The molecule has 33 heavy (non-hydrogen) atoms. The minimum atomic E-state index is 0.666. The first-order valence-corrected chi connectivity index (χ1v) is 12.9. The molecule has 0 spiro atoms. The summed E-state index contributed by atoms with van der Waals surface area (Å²) < 4.78 is 5.85. The van der Waals surface area contributed by atoms with Gasteiger partial charge in [0, 0.05) is 37.5 Å². The van der Waals surface area contributed by atoms with Crippen LogP contribution in [-0.4, -0.2) is 56.8 Å². The van der Waals surface area contributed by atoms with Crippen LogP contribution < -0.4 is 20.7 Å². The van der Waals surface area contributed by atoms with Crippen LogP contribution in [0.25, 0.3) is 0 Å². The smallest absolute Gasteiger partial charge is 0.191 e. The highest BCUT2D eigenvalue weighted by atomic mass is 16.5. The Labute approximate surface area is 199 Å². The van der Waals surface area contributed by atoms with Crippen LogP contribution in [0.5, 0.6) is 5.75 Å². The summed E-state index contributed by atoms with van der Waals surface area (Å²) in [7, 11) is 0. The number of nitrogens with zero attached hydrogens (tertiary/aromatic N) is 2. The number of aliphatic imine (C=N–C) groups is 2. The molecule has 0 saturated carbocycles. The Morgan fingerprint density at radius 3 is 2.33 bits per heavy atom. The molecule has 0 bridgehead atoms. The van der Waals surface area contributed by atoms with Crippen molar-refractivity contribution in [2.24, 2.45) is 9.98 Å². The van der Waals surface area contributed by atoms with E-state index in [1.54, 1.807) is 0 Å². The van der Waals surface area contributed by atoms with Gasteiger partial charge in [0.2, 0.25) is 0 Å². The second kappa shape index (κ2) is 15.3. The molecule has 0 aromatic heterocycles. The molecule has 4 N–H and O–H groups in total. The number of nitrogens with one attached hydrogen (secondary N) is 4. The normalized spacial score (nSPS) is 15.3. The maximum absolute atomic E-state index is 8.18. The lowest BCUT2D eigenvalue weighted by molar-refractivity contribution is 0.313. The van der Waals surface area contributed by atoms with Crippen LogP contribution in [0.15, 0.2) is 34.3 Å². The average molecular weight is 455 g/mol. The molecule has 0 unspecified atom stereocenters. The SMILES string of the molecule is N=C(CCCCCCCCCNC1=NCCN1)CCCOc1ccc(C2=NCCCN2)cc1. The van der Waals surface area contributed by atoms with Gasteiger partial charge in [-0.2, -0.15) is 0 Å². The number of ether oxygens (including phenoxy) is 1. The minimum Gasteiger partial charge on any atom is -0.494 e. The van der Waals surface area contributed by atoms with Crippen molar-refractivity contribution in [1.82, 2.24) is 16.0 Å². The summed E-state index contributed by atoms with van der Waals surface area (Å²) in [5.41, 5.74) is 1.98. The van der Waals surface area contributed by atoms with Crippen LogP contribution in [-0.2, 0) is 0 Å². The molecule has 2 aliphatic rings. The number of unbranched alkanes of at least 4 members (excludes halogenated alkanes) is 6. The number of benzene rings is 1. The molecule has 2 aliphatic heterocycles. The number of hydrogen-bond acceptors (Lipinski definition) is 7. The predicted molar refractivity (Wildman–Crippen MR) is 138 cm³/mol. The van der Waals surface area contributed by atoms with E-state index in [1.807, 2.05) is 12.1 Å². The van der Waals surface area contributed by atoms with E-state index in [2.05, 4.69) is 38.1 Å². The Balaban J connectivity index is 1.11. The van der Waals surface area contributed by atoms with Crippen LogP contribution in [0.3, 0.4) is 0 Å². The Hall–Kier alpha value is -2.57. The van der Waals surface area contributed by atoms with Gasteiger partial charge >= 0.3 is 0 Å². The van der Waals surface area contributed by atoms with E-state index in [0.717, 1.165) is 93.6 Å². The third-order valence-corrected chi connectivity index (χ3v) is 6.04.